The van der Waals surface area contributed by atoms with E-state index in [-0.39, 0.29) is 5.92 Å². The van der Waals surface area contributed by atoms with Crippen LogP contribution >= 0.6 is 0 Å². The molecule has 3 rings (SSSR count). The van der Waals surface area contributed by atoms with Crippen molar-refractivity contribution >= 4 is 5.91 Å². The average molecular weight is 264 g/mol. The fraction of sp³-hybridized carbons (Fsp3) is 0.938. The molecule has 0 aromatic rings. The molecule has 0 bridgehead atoms. The molecule has 2 saturated heterocycles. The first-order chi connectivity index (χ1) is 9.18. The summed E-state index contributed by atoms with van der Waals surface area (Å²) >= 11 is 0. The monoisotopic (exact) mass is 264 g/mol. The van der Waals surface area contributed by atoms with E-state index in [2.05, 4.69) is 24.1 Å². The molecule has 4 unspecified atom stereocenters. The molecule has 1 amide bonds. The van der Waals surface area contributed by atoms with E-state index in [0.717, 1.165) is 31.5 Å². The molecule has 0 radical (unpaired) electrons. The molecule has 0 aromatic carbocycles. The SMILES string of the molecule is CC1CCN(C(=O)C(C)C2CNC2)C2CCCCC12. The average Bonchev–Trinajstić information content (AvgIpc) is 2.37. The highest BCUT2D eigenvalue weighted by atomic mass is 16.2. The summed E-state index contributed by atoms with van der Waals surface area (Å²) in [5.41, 5.74) is 0. The van der Waals surface area contributed by atoms with Crippen LogP contribution in [0.4, 0.5) is 0 Å². The van der Waals surface area contributed by atoms with Crippen LogP contribution in [-0.2, 0) is 4.79 Å². The summed E-state index contributed by atoms with van der Waals surface area (Å²) in [5, 5.41) is 3.29. The minimum atomic E-state index is 0.220. The van der Waals surface area contributed by atoms with Gasteiger partial charge in [0.15, 0.2) is 0 Å². The lowest BCUT2D eigenvalue weighted by atomic mass is 9.72. The molecule has 1 saturated carbocycles. The van der Waals surface area contributed by atoms with Crippen molar-refractivity contribution in [2.45, 2.75) is 52.0 Å². The minimum Gasteiger partial charge on any atom is -0.339 e. The Balaban J connectivity index is 1.70. The van der Waals surface area contributed by atoms with Gasteiger partial charge in [0.2, 0.25) is 5.91 Å². The van der Waals surface area contributed by atoms with Crippen molar-refractivity contribution in [1.29, 1.82) is 0 Å². The molecule has 3 aliphatic rings. The smallest absolute Gasteiger partial charge is 0.226 e. The summed E-state index contributed by atoms with van der Waals surface area (Å²) < 4.78 is 0. The predicted octanol–water partition coefficient (Wildman–Crippen LogP) is 2.27. The maximum atomic E-state index is 12.8. The third kappa shape index (κ3) is 2.42. The summed E-state index contributed by atoms with van der Waals surface area (Å²) in [7, 11) is 0. The number of piperidine rings is 1. The second-order valence-electron chi connectivity index (χ2n) is 7.02. The Morgan fingerprint density at radius 1 is 1.21 bits per heavy atom. The van der Waals surface area contributed by atoms with Crippen LogP contribution in [0, 0.1) is 23.7 Å². The summed E-state index contributed by atoms with van der Waals surface area (Å²) in [5.74, 6) is 2.83. The Morgan fingerprint density at radius 3 is 2.63 bits per heavy atom. The molecule has 1 aliphatic carbocycles. The summed E-state index contributed by atoms with van der Waals surface area (Å²) in [6, 6.07) is 0.556. The van der Waals surface area contributed by atoms with Crippen molar-refractivity contribution in [2.24, 2.45) is 23.7 Å². The number of fused-ring (bicyclic) bond motifs is 1. The van der Waals surface area contributed by atoms with E-state index < -0.39 is 0 Å². The van der Waals surface area contributed by atoms with E-state index in [9.17, 15) is 4.79 Å². The highest BCUT2D eigenvalue weighted by molar-refractivity contribution is 5.79. The molecule has 3 heteroatoms. The predicted molar refractivity (Wildman–Crippen MR) is 76.8 cm³/mol. The Labute approximate surface area is 117 Å². The van der Waals surface area contributed by atoms with Crippen molar-refractivity contribution in [3.8, 4) is 0 Å². The van der Waals surface area contributed by atoms with Crippen LogP contribution in [0.3, 0.4) is 0 Å². The quantitative estimate of drug-likeness (QED) is 0.830. The van der Waals surface area contributed by atoms with Gasteiger partial charge in [-0.2, -0.15) is 0 Å². The van der Waals surface area contributed by atoms with Gasteiger partial charge in [0.05, 0.1) is 0 Å². The van der Waals surface area contributed by atoms with Gasteiger partial charge in [-0.3, -0.25) is 4.79 Å². The molecule has 0 spiro atoms. The standard InChI is InChI=1S/C16H28N2O/c1-11-7-8-18(15-6-4-3-5-14(11)15)16(19)12(2)13-9-17-10-13/h11-15,17H,3-10H2,1-2H3. The molecular weight excluding hydrogens is 236 g/mol. The summed E-state index contributed by atoms with van der Waals surface area (Å²) in [6.45, 7) is 7.61. The zero-order valence-corrected chi connectivity index (χ0v) is 12.4. The van der Waals surface area contributed by atoms with E-state index in [1.807, 2.05) is 0 Å². The Kier molecular flexibility index (Phi) is 3.84. The normalized spacial score (nSPS) is 37.4. The van der Waals surface area contributed by atoms with Gasteiger partial charge in [-0.1, -0.05) is 26.7 Å². The topological polar surface area (TPSA) is 32.3 Å². The van der Waals surface area contributed by atoms with Crippen molar-refractivity contribution in [2.75, 3.05) is 19.6 Å². The molecule has 2 aliphatic heterocycles. The molecular formula is C16H28N2O. The highest BCUT2D eigenvalue weighted by Gasteiger charge is 2.42. The fourth-order valence-corrected chi connectivity index (χ4v) is 4.31. The molecule has 108 valence electrons. The number of hydrogen-bond acceptors (Lipinski definition) is 2. The molecule has 4 atom stereocenters. The second kappa shape index (κ2) is 5.43. The van der Waals surface area contributed by atoms with E-state index in [1.54, 1.807) is 0 Å². The lowest BCUT2D eigenvalue weighted by Gasteiger charge is -2.49. The third-order valence-corrected chi connectivity index (χ3v) is 5.93. The summed E-state index contributed by atoms with van der Waals surface area (Å²) in [6.07, 6.45) is 6.49. The Bertz CT molecular complexity index is 340. The first-order valence-electron chi connectivity index (χ1n) is 8.19. The van der Waals surface area contributed by atoms with E-state index in [4.69, 9.17) is 0 Å². The number of rotatable bonds is 2. The van der Waals surface area contributed by atoms with E-state index in [0.29, 0.717) is 17.9 Å². The van der Waals surface area contributed by atoms with Gasteiger partial charge in [0, 0.05) is 18.5 Å². The number of hydrogen-bond donors (Lipinski definition) is 1. The second-order valence-corrected chi connectivity index (χ2v) is 7.02. The van der Waals surface area contributed by atoms with Gasteiger partial charge < -0.3 is 10.2 Å². The number of carbonyl (C=O) groups is 1. The van der Waals surface area contributed by atoms with Crippen LogP contribution < -0.4 is 5.32 Å². The first kappa shape index (κ1) is 13.4. The molecule has 3 nitrogen and oxygen atoms in total. The largest absolute Gasteiger partial charge is 0.339 e. The fourth-order valence-electron chi connectivity index (χ4n) is 4.31. The van der Waals surface area contributed by atoms with Crippen LogP contribution in [0.25, 0.3) is 0 Å². The zero-order valence-electron chi connectivity index (χ0n) is 12.4. The number of likely N-dealkylation sites (tertiary alicyclic amines) is 1. The van der Waals surface area contributed by atoms with Crippen LogP contribution in [0.2, 0.25) is 0 Å². The maximum Gasteiger partial charge on any atom is 0.226 e. The van der Waals surface area contributed by atoms with Crippen molar-refractivity contribution in [3.63, 3.8) is 0 Å². The minimum absolute atomic E-state index is 0.220. The highest BCUT2D eigenvalue weighted by Crippen LogP contribution is 2.39. The van der Waals surface area contributed by atoms with Crippen molar-refractivity contribution in [1.82, 2.24) is 10.2 Å². The number of carbonyl (C=O) groups excluding carboxylic acids is 1. The number of amides is 1. The van der Waals surface area contributed by atoms with Crippen molar-refractivity contribution < 1.29 is 4.79 Å². The van der Waals surface area contributed by atoms with Crippen LogP contribution in [-0.4, -0.2) is 36.5 Å². The zero-order chi connectivity index (χ0) is 13.4. The lowest BCUT2D eigenvalue weighted by Crippen LogP contribution is -2.57. The lowest BCUT2D eigenvalue weighted by molar-refractivity contribution is -0.145. The van der Waals surface area contributed by atoms with E-state index in [1.165, 1.54) is 32.1 Å². The molecule has 2 heterocycles. The maximum absolute atomic E-state index is 12.8. The molecule has 0 aromatic heterocycles. The van der Waals surface area contributed by atoms with Crippen molar-refractivity contribution in [3.05, 3.63) is 0 Å². The van der Waals surface area contributed by atoms with Crippen LogP contribution in [0.15, 0.2) is 0 Å². The Hall–Kier alpha value is -0.570. The Morgan fingerprint density at radius 2 is 1.95 bits per heavy atom. The van der Waals surface area contributed by atoms with E-state index >= 15 is 0 Å². The van der Waals surface area contributed by atoms with Gasteiger partial charge in [0.1, 0.15) is 0 Å². The van der Waals surface area contributed by atoms with Gasteiger partial charge in [-0.05, 0) is 50.1 Å². The van der Waals surface area contributed by atoms with Crippen LogP contribution in [0.1, 0.15) is 46.0 Å². The number of nitrogens with one attached hydrogen (secondary N) is 1. The van der Waals surface area contributed by atoms with Gasteiger partial charge in [0.25, 0.3) is 0 Å². The molecule has 3 fully saturated rings. The third-order valence-electron chi connectivity index (χ3n) is 5.93. The summed E-state index contributed by atoms with van der Waals surface area (Å²) in [4.78, 5) is 15.1. The van der Waals surface area contributed by atoms with Gasteiger partial charge >= 0.3 is 0 Å². The van der Waals surface area contributed by atoms with Gasteiger partial charge in [-0.15, -0.1) is 0 Å². The molecule has 19 heavy (non-hydrogen) atoms. The molecule has 1 N–H and O–H groups in total. The van der Waals surface area contributed by atoms with Crippen LogP contribution in [0.5, 0.6) is 0 Å². The van der Waals surface area contributed by atoms with Gasteiger partial charge in [-0.25, -0.2) is 0 Å². The number of nitrogens with zero attached hydrogens (tertiary/aromatic N) is 1. The first-order valence-corrected chi connectivity index (χ1v) is 8.19.